The van der Waals surface area contributed by atoms with Gasteiger partial charge in [0.25, 0.3) is 0 Å². The van der Waals surface area contributed by atoms with Gasteiger partial charge in [0.2, 0.25) is 5.88 Å². The predicted octanol–water partition coefficient (Wildman–Crippen LogP) is 2.29. The van der Waals surface area contributed by atoms with Gasteiger partial charge in [-0.05, 0) is 20.8 Å². The average Bonchev–Trinajstić information content (AvgIpc) is 2.31. The third-order valence-corrected chi connectivity index (χ3v) is 2.54. The summed E-state index contributed by atoms with van der Waals surface area (Å²) in [6, 6.07) is 0. The minimum Gasteiger partial charge on any atom is -0.472 e. The Hall–Kier alpha value is -1.36. The molecule has 0 aliphatic heterocycles. The van der Waals surface area contributed by atoms with Crippen LogP contribution >= 0.6 is 0 Å². The van der Waals surface area contributed by atoms with Crippen LogP contribution in [0.3, 0.4) is 0 Å². The molecule has 0 aliphatic carbocycles. The molecule has 1 aromatic rings. The van der Waals surface area contributed by atoms with Crippen LogP contribution in [0.4, 0.5) is 5.82 Å². The summed E-state index contributed by atoms with van der Waals surface area (Å²) in [6.45, 7) is 11.0. The Morgan fingerprint density at radius 1 is 1.22 bits per heavy atom. The molecular weight excluding hydrogens is 230 g/mol. The summed E-state index contributed by atoms with van der Waals surface area (Å²) >= 11 is 0. The van der Waals surface area contributed by atoms with Crippen LogP contribution < -0.4 is 10.5 Å². The third kappa shape index (κ3) is 3.84. The van der Waals surface area contributed by atoms with Crippen molar-refractivity contribution in [1.82, 2.24) is 9.97 Å². The van der Waals surface area contributed by atoms with Gasteiger partial charge in [0.1, 0.15) is 17.7 Å². The second-order valence-corrected chi connectivity index (χ2v) is 4.64. The lowest BCUT2D eigenvalue weighted by atomic mass is 10.2. The van der Waals surface area contributed by atoms with E-state index in [9.17, 15) is 0 Å². The smallest absolute Gasteiger partial charge is 0.222 e. The van der Waals surface area contributed by atoms with Crippen LogP contribution in [0.25, 0.3) is 0 Å². The second-order valence-electron chi connectivity index (χ2n) is 4.64. The van der Waals surface area contributed by atoms with Crippen molar-refractivity contribution in [1.29, 1.82) is 0 Å². The maximum atomic E-state index is 5.87. The first-order valence-electron chi connectivity index (χ1n) is 6.34. The molecule has 0 saturated heterocycles. The fraction of sp³-hybridized carbons (Fsp3) is 0.692. The molecule has 5 heteroatoms. The molecule has 1 unspecified atom stereocenters. The van der Waals surface area contributed by atoms with Gasteiger partial charge in [-0.15, -0.1) is 0 Å². The summed E-state index contributed by atoms with van der Waals surface area (Å²) in [5, 5.41) is 0. The maximum Gasteiger partial charge on any atom is 0.222 e. The van der Waals surface area contributed by atoms with Crippen LogP contribution in [0.5, 0.6) is 5.88 Å². The lowest BCUT2D eigenvalue weighted by Gasteiger charge is -2.17. The Bertz CT molecular complexity index is 394. The molecule has 0 saturated carbocycles. The fourth-order valence-corrected chi connectivity index (χ4v) is 1.41. The number of rotatable bonds is 6. The zero-order chi connectivity index (χ0) is 13.7. The van der Waals surface area contributed by atoms with Crippen molar-refractivity contribution in [3.63, 3.8) is 0 Å². The highest BCUT2D eigenvalue weighted by atomic mass is 16.5. The summed E-state index contributed by atoms with van der Waals surface area (Å²) in [5.41, 5.74) is 6.65. The van der Waals surface area contributed by atoms with Crippen LogP contribution in [0.15, 0.2) is 0 Å². The monoisotopic (exact) mass is 253 g/mol. The second kappa shape index (κ2) is 6.54. The number of nitrogens with two attached hydrogens (primary N) is 1. The van der Waals surface area contributed by atoms with E-state index in [1.54, 1.807) is 0 Å². The number of hydrogen-bond donors (Lipinski definition) is 1. The van der Waals surface area contributed by atoms with E-state index >= 15 is 0 Å². The molecule has 5 nitrogen and oxygen atoms in total. The summed E-state index contributed by atoms with van der Waals surface area (Å²) in [5.74, 6) is 1.96. The number of anilines is 1. The van der Waals surface area contributed by atoms with Crippen LogP contribution in [0.1, 0.15) is 45.0 Å². The van der Waals surface area contributed by atoms with Crippen molar-refractivity contribution in [2.75, 3.05) is 18.9 Å². The van der Waals surface area contributed by atoms with Crippen LogP contribution in [-0.4, -0.2) is 29.3 Å². The lowest BCUT2D eigenvalue weighted by molar-refractivity contribution is 0.0628. The number of nitrogens with zero attached hydrogens (tertiary/aromatic N) is 2. The van der Waals surface area contributed by atoms with Crippen LogP contribution in [0, 0.1) is 6.92 Å². The van der Waals surface area contributed by atoms with E-state index in [0.717, 1.165) is 5.56 Å². The summed E-state index contributed by atoms with van der Waals surface area (Å²) in [7, 11) is 0. The highest BCUT2D eigenvalue weighted by Gasteiger charge is 2.14. The molecule has 0 radical (unpaired) electrons. The van der Waals surface area contributed by atoms with Gasteiger partial charge in [-0.1, -0.05) is 13.8 Å². The number of nitrogen functional groups attached to an aromatic ring is 1. The Morgan fingerprint density at radius 3 is 2.44 bits per heavy atom. The summed E-state index contributed by atoms with van der Waals surface area (Å²) < 4.78 is 11.1. The average molecular weight is 253 g/mol. The largest absolute Gasteiger partial charge is 0.472 e. The van der Waals surface area contributed by atoms with E-state index < -0.39 is 0 Å². The minimum absolute atomic E-state index is 0.0574. The molecule has 0 amide bonds. The van der Waals surface area contributed by atoms with Crippen molar-refractivity contribution in [2.45, 2.75) is 46.6 Å². The fourth-order valence-electron chi connectivity index (χ4n) is 1.41. The molecule has 0 spiro atoms. The van der Waals surface area contributed by atoms with E-state index in [4.69, 9.17) is 15.2 Å². The third-order valence-electron chi connectivity index (χ3n) is 2.54. The maximum absolute atomic E-state index is 5.87. The molecule has 2 N–H and O–H groups in total. The van der Waals surface area contributed by atoms with E-state index in [0.29, 0.717) is 30.7 Å². The molecule has 1 rings (SSSR count). The number of hydrogen-bond acceptors (Lipinski definition) is 5. The normalized spacial score (nSPS) is 12.8. The van der Waals surface area contributed by atoms with Gasteiger partial charge < -0.3 is 15.2 Å². The van der Waals surface area contributed by atoms with Crippen molar-refractivity contribution in [3.8, 4) is 5.88 Å². The molecule has 1 atom stereocenters. The van der Waals surface area contributed by atoms with Crippen LogP contribution in [0.2, 0.25) is 0 Å². The SMILES string of the molecule is CCOCC(C)Oc1nc(C(C)C)nc(N)c1C. The predicted molar refractivity (Wildman–Crippen MR) is 71.9 cm³/mol. The zero-order valence-corrected chi connectivity index (χ0v) is 11.9. The molecular formula is C13H23N3O2. The zero-order valence-electron chi connectivity index (χ0n) is 11.9. The minimum atomic E-state index is -0.0574. The highest BCUT2D eigenvalue weighted by Crippen LogP contribution is 2.23. The molecule has 102 valence electrons. The standard InChI is InChI=1S/C13H23N3O2/c1-6-17-7-9(4)18-13-10(5)11(14)15-12(16-13)8(2)3/h8-9H,6-7H2,1-5H3,(H2,14,15,16). The van der Waals surface area contributed by atoms with Crippen molar-refractivity contribution >= 4 is 5.82 Å². The van der Waals surface area contributed by atoms with Crippen molar-refractivity contribution in [3.05, 3.63) is 11.4 Å². The molecule has 18 heavy (non-hydrogen) atoms. The van der Waals surface area contributed by atoms with Crippen LogP contribution in [-0.2, 0) is 4.74 Å². The highest BCUT2D eigenvalue weighted by molar-refractivity contribution is 5.44. The van der Waals surface area contributed by atoms with E-state index in [1.807, 2.05) is 34.6 Å². The van der Waals surface area contributed by atoms with E-state index in [1.165, 1.54) is 0 Å². The topological polar surface area (TPSA) is 70.3 Å². The van der Waals surface area contributed by atoms with Gasteiger partial charge in [0.05, 0.1) is 12.2 Å². The number of ether oxygens (including phenoxy) is 2. The number of aromatic nitrogens is 2. The Kier molecular flexibility index (Phi) is 5.34. The van der Waals surface area contributed by atoms with Crippen molar-refractivity contribution < 1.29 is 9.47 Å². The molecule has 1 aromatic heterocycles. The Morgan fingerprint density at radius 2 is 1.89 bits per heavy atom. The molecule has 0 fully saturated rings. The molecule has 0 aromatic carbocycles. The van der Waals surface area contributed by atoms with Gasteiger partial charge in [-0.2, -0.15) is 4.98 Å². The van der Waals surface area contributed by atoms with Gasteiger partial charge >= 0.3 is 0 Å². The molecule has 0 aliphatic rings. The molecule has 1 heterocycles. The van der Waals surface area contributed by atoms with Gasteiger partial charge in [-0.25, -0.2) is 4.98 Å². The van der Waals surface area contributed by atoms with E-state index in [-0.39, 0.29) is 12.0 Å². The first kappa shape index (κ1) is 14.7. The van der Waals surface area contributed by atoms with Crippen molar-refractivity contribution in [2.24, 2.45) is 0 Å². The van der Waals surface area contributed by atoms with Gasteiger partial charge in [0.15, 0.2) is 0 Å². The van der Waals surface area contributed by atoms with Gasteiger partial charge in [0, 0.05) is 12.5 Å². The first-order valence-corrected chi connectivity index (χ1v) is 6.34. The van der Waals surface area contributed by atoms with Gasteiger partial charge in [-0.3, -0.25) is 0 Å². The lowest BCUT2D eigenvalue weighted by Crippen LogP contribution is -2.21. The summed E-state index contributed by atoms with van der Waals surface area (Å²) in [4.78, 5) is 8.67. The Labute approximate surface area is 109 Å². The summed E-state index contributed by atoms with van der Waals surface area (Å²) in [6.07, 6.45) is -0.0574. The Balaban J connectivity index is 2.86. The van der Waals surface area contributed by atoms with E-state index in [2.05, 4.69) is 9.97 Å². The quantitative estimate of drug-likeness (QED) is 0.842. The first-order chi connectivity index (χ1) is 8.45. The molecule has 0 bridgehead atoms.